The summed E-state index contributed by atoms with van der Waals surface area (Å²) < 4.78 is 25.8. The molecule has 0 fully saturated rings. The third-order valence-electron chi connectivity index (χ3n) is 3.86. The summed E-state index contributed by atoms with van der Waals surface area (Å²) in [5.41, 5.74) is 1.36. The Morgan fingerprint density at radius 2 is 2.04 bits per heavy atom. The van der Waals surface area contributed by atoms with E-state index in [-0.39, 0.29) is 29.1 Å². The molecule has 7 nitrogen and oxygen atoms in total. The zero-order valence-corrected chi connectivity index (χ0v) is 14.2. The van der Waals surface area contributed by atoms with E-state index in [4.69, 9.17) is 0 Å². The molecule has 2 aliphatic rings. The van der Waals surface area contributed by atoms with Crippen LogP contribution in [0.2, 0.25) is 0 Å². The van der Waals surface area contributed by atoms with Crippen LogP contribution in [-0.4, -0.2) is 47.1 Å². The second-order valence-electron chi connectivity index (χ2n) is 5.42. The number of aromatic nitrogens is 2. The van der Waals surface area contributed by atoms with Gasteiger partial charge >= 0.3 is 0 Å². The van der Waals surface area contributed by atoms with Gasteiger partial charge in [0.15, 0.2) is 5.17 Å². The van der Waals surface area contributed by atoms with E-state index in [1.807, 2.05) is 30.3 Å². The number of carbonyl (C=O) groups is 1. The maximum atomic E-state index is 12.8. The number of amides is 1. The summed E-state index contributed by atoms with van der Waals surface area (Å²) in [5, 5.41) is 3.30. The van der Waals surface area contributed by atoms with Crippen molar-refractivity contribution in [3.05, 3.63) is 36.0 Å². The lowest BCUT2D eigenvalue weighted by Crippen LogP contribution is -2.29. The summed E-state index contributed by atoms with van der Waals surface area (Å²) in [7, 11) is -3.44. The van der Waals surface area contributed by atoms with Crippen LogP contribution in [0.25, 0.3) is 11.3 Å². The molecule has 4 rings (SSSR count). The summed E-state index contributed by atoms with van der Waals surface area (Å²) in [6, 6.07) is 9.13. The Balaban J connectivity index is 1.83. The van der Waals surface area contributed by atoms with Crippen LogP contribution < -0.4 is 5.32 Å². The maximum Gasteiger partial charge on any atom is 0.276 e. The van der Waals surface area contributed by atoms with Gasteiger partial charge in [-0.15, -0.1) is 0 Å². The van der Waals surface area contributed by atoms with Gasteiger partial charge in [-0.2, -0.15) is 0 Å². The number of thioether (sulfide) groups is 1. The molecular formula is C15H14N4O3S2. The fraction of sp³-hybridized carbons (Fsp3) is 0.267. The molecule has 0 saturated heterocycles. The van der Waals surface area contributed by atoms with Crippen molar-refractivity contribution in [2.75, 3.05) is 18.1 Å². The van der Waals surface area contributed by atoms with Gasteiger partial charge in [0.05, 0.1) is 12.3 Å². The number of fused-ring (bicyclic) bond motifs is 1. The van der Waals surface area contributed by atoms with Crippen LogP contribution in [0.15, 0.2) is 40.5 Å². The van der Waals surface area contributed by atoms with Crippen molar-refractivity contribution in [1.82, 2.24) is 14.9 Å². The van der Waals surface area contributed by atoms with Crippen molar-refractivity contribution >= 4 is 32.7 Å². The normalized spacial score (nSPS) is 18.2. The highest BCUT2D eigenvalue weighted by Gasteiger charge is 2.35. The molecule has 0 aliphatic carbocycles. The van der Waals surface area contributed by atoms with E-state index >= 15 is 0 Å². The van der Waals surface area contributed by atoms with Crippen LogP contribution in [0.3, 0.4) is 0 Å². The van der Waals surface area contributed by atoms with E-state index in [1.54, 1.807) is 0 Å². The minimum absolute atomic E-state index is 0.0274. The van der Waals surface area contributed by atoms with Gasteiger partial charge in [-0.25, -0.2) is 13.4 Å². The van der Waals surface area contributed by atoms with Crippen molar-refractivity contribution in [3.63, 3.8) is 0 Å². The Bertz CT molecular complexity index is 949. The largest absolute Gasteiger partial charge is 0.309 e. The zero-order valence-electron chi connectivity index (χ0n) is 12.6. The number of nitrogens with one attached hydrogen (secondary N) is 1. The smallest absolute Gasteiger partial charge is 0.276 e. The summed E-state index contributed by atoms with van der Waals surface area (Å²) in [6.07, 6.45) is 0. The molecule has 1 N–H and O–H groups in total. The van der Waals surface area contributed by atoms with Gasteiger partial charge in [0, 0.05) is 17.9 Å². The molecule has 2 aliphatic heterocycles. The number of carbonyl (C=O) groups excluding carboxylic acids is 1. The fourth-order valence-electron chi connectivity index (χ4n) is 2.77. The average molecular weight is 362 g/mol. The first-order valence-electron chi connectivity index (χ1n) is 7.43. The SMILES string of the molecule is O=C(NC1=NCCS1)c1c(-c2ccccc2)nc2n1CCS2(=O)=O. The Labute approximate surface area is 143 Å². The number of amidine groups is 1. The Morgan fingerprint density at radius 1 is 1.25 bits per heavy atom. The molecule has 124 valence electrons. The van der Waals surface area contributed by atoms with E-state index in [9.17, 15) is 13.2 Å². The molecule has 0 bridgehead atoms. The molecular weight excluding hydrogens is 348 g/mol. The monoisotopic (exact) mass is 362 g/mol. The highest BCUT2D eigenvalue weighted by atomic mass is 32.2. The molecule has 1 aromatic carbocycles. The van der Waals surface area contributed by atoms with Gasteiger partial charge in [-0.3, -0.25) is 15.1 Å². The molecule has 0 unspecified atom stereocenters. The first-order chi connectivity index (χ1) is 11.6. The first-order valence-corrected chi connectivity index (χ1v) is 10.1. The topological polar surface area (TPSA) is 93.4 Å². The summed E-state index contributed by atoms with van der Waals surface area (Å²) >= 11 is 1.47. The van der Waals surface area contributed by atoms with E-state index in [0.29, 0.717) is 23.0 Å². The van der Waals surface area contributed by atoms with Crippen molar-refractivity contribution in [1.29, 1.82) is 0 Å². The van der Waals surface area contributed by atoms with Crippen LogP contribution in [0.4, 0.5) is 0 Å². The van der Waals surface area contributed by atoms with Crippen molar-refractivity contribution in [3.8, 4) is 11.3 Å². The van der Waals surface area contributed by atoms with Crippen LogP contribution in [0, 0.1) is 0 Å². The Kier molecular flexibility index (Phi) is 3.69. The number of imidazole rings is 1. The number of nitrogens with zero attached hydrogens (tertiary/aromatic N) is 3. The molecule has 1 amide bonds. The highest BCUT2D eigenvalue weighted by molar-refractivity contribution is 8.14. The quantitative estimate of drug-likeness (QED) is 0.866. The number of benzene rings is 1. The maximum absolute atomic E-state index is 12.8. The number of hydrogen-bond donors (Lipinski definition) is 1. The van der Waals surface area contributed by atoms with Gasteiger partial charge < -0.3 is 4.57 Å². The molecule has 0 spiro atoms. The number of sulfone groups is 1. The van der Waals surface area contributed by atoms with Crippen LogP contribution in [0.1, 0.15) is 10.5 Å². The van der Waals surface area contributed by atoms with E-state index in [0.717, 1.165) is 5.75 Å². The predicted octanol–water partition coefficient (Wildman–Crippen LogP) is 1.17. The van der Waals surface area contributed by atoms with Gasteiger partial charge in [0.1, 0.15) is 11.4 Å². The van der Waals surface area contributed by atoms with Crippen molar-refractivity contribution in [2.45, 2.75) is 11.7 Å². The van der Waals surface area contributed by atoms with Crippen LogP contribution in [-0.2, 0) is 16.4 Å². The van der Waals surface area contributed by atoms with E-state index in [1.165, 1.54) is 16.3 Å². The second kappa shape index (κ2) is 5.75. The molecule has 9 heteroatoms. The molecule has 3 heterocycles. The molecule has 2 aromatic rings. The van der Waals surface area contributed by atoms with E-state index < -0.39 is 9.84 Å². The van der Waals surface area contributed by atoms with Crippen LogP contribution >= 0.6 is 11.8 Å². The minimum atomic E-state index is -3.44. The average Bonchev–Trinajstić information content (AvgIpc) is 3.26. The van der Waals surface area contributed by atoms with Gasteiger partial charge in [0.25, 0.3) is 5.91 Å². The summed E-state index contributed by atoms with van der Waals surface area (Å²) in [5.74, 6) is 0.429. The Morgan fingerprint density at radius 3 is 2.75 bits per heavy atom. The number of rotatable bonds is 2. The van der Waals surface area contributed by atoms with Crippen molar-refractivity contribution in [2.24, 2.45) is 4.99 Å². The summed E-state index contributed by atoms with van der Waals surface area (Å²) in [6.45, 7) is 0.907. The lowest BCUT2D eigenvalue weighted by atomic mass is 10.1. The predicted molar refractivity (Wildman–Crippen MR) is 91.9 cm³/mol. The molecule has 0 atom stereocenters. The third kappa shape index (κ3) is 2.53. The molecule has 0 saturated carbocycles. The third-order valence-corrected chi connectivity index (χ3v) is 6.34. The van der Waals surface area contributed by atoms with Crippen LogP contribution in [0.5, 0.6) is 0 Å². The van der Waals surface area contributed by atoms with Gasteiger partial charge in [0.2, 0.25) is 15.0 Å². The van der Waals surface area contributed by atoms with Crippen molar-refractivity contribution < 1.29 is 13.2 Å². The standard InChI is InChI=1S/C15H14N4O3S2/c20-13(18-14-16-6-8-23-14)12-11(10-4-2-1-3-5-10)17-15-19(12)7-9-24(15,21)22/h1-5H,6-9H2,(H,16,18,20). The molecule has 24 heavy (non-hydrogen) atoms. The zero-order chi connectivity index (χ0) is 16.7. The Hall–Kier alpha value is -2.13. The first kappa shape index (κ1) is 15.4. The summed E-state index contributed by atoms with van der Waals surface area (Å²) in [4.78, 5) is 21.3. The van der Waals surface area contributed by atoms with Gasteiger partial charge in [-0.05, 0) is 0 Å². The molecule has 1 aromatic heterocycles. The number of hydrogen-bond acceptors (Lipinski definition) is 6. The molecule has 0 radical (unpaired) electrons. The number of aliphatic imine (C=N–C) groups is 1. The van der Waals surface area contributed by atoms with Gasteiger partial charge in [-0.1, -0.05) is 42.1 Å². The minimum Gasteiger partial charge on any atom is -0.309 e. The van der Waals surface area contributed by atoms with E-state index in [2.05, 4.69) is 15.3 Å². The lowest BCUT2D eigenvalue weighted by Gasteiger charge is -2.08. The second-order valence-corrected chi connectivity index (χ2v) is 8.50. The fourth-order valence-corrected chi connectivity index (χ4v) is 4.85. The lowest BCUT2D eigenvalue weighted by molar-refractivity contribution is 0.0969. The highest BCUT2D eigenvalue weighted by Crippen LogP contribution is 2.30.